The van der Waals surface area contributed by atoms with E-state index < -0.39 is 0 Å². The van der Waals surface area contributed by atoms with Gasteiger partial charge in [-0.05, 0) is 58.5 Å². The molecule has 0 saturated carbocycles. The van der Waals surface area contributed by atoms with Gasteiger partial charge >= 0.3 is 0 Å². The van der Waals surface area contributed by atoms with Crippen LogP contribution in [0.1, 0.15) is 18.2 Å². The van der Waals surface area contributed by atoms with Crippen LogP contribution in [-0.2, 0) is 0 Å². The molecule has 5 heteroatoms. The van der Waals surface area contributed by atoms with Crippen molar-refractivity contribution in [2.75, 3.05) is 0 Å². The first kappa shape index (κ1) is 30.4. The molecule has 1 atom stereocenters. The summed E-state index contributed by atoms with van der Waals surface area (Å²) in [6.07, 6.45) is 9.39. The second-order valence-electron chi connectivity index (χ2n) is 13.2. The Balaban J connectivity index is 1.09. The zero-order chi connectivity index (χ0) is 34.4. The van der Waals surface area contributed by atoms with Gasteiger partial charge in [0.1, 0.15) is 10.7 Å². The third kappa shape index (κ3) is 5.34. The van der Waals surface area contributed by atoms with Crippen LogP contribution < -0.4 is 0 Å². The highest BCUT2D eigenvalue weighted by Crippen LogP contribution is 2.43. The summed E-state index contributed by atoms with van der Waals surface area (Å²) in [5.74, 6) is 2.30. The van der Waals surface area contributed by atoms with Crippen molar-refractivity contribution in [1.29, 1.82) is 0 Å². The summed E-state index contributed by atoms with van der Waals surface area (Å²) in [4.78, 5) is 16.2. The fourth-order valence-corrected chi connectivity index (χ4v) is 8.58. The van der Waals surface area contributed by atoms with Gasteiger partial charge in [-0.15, -0.1) is 11.3 Å². The molecule has 0 bridgehead atoms. The molecular formula is C47H32N4S. The molecule has 1 aliphatic carbocycles. The van der Waals surface area contributed by atoms with Crippen LogP contribution in [0.3, 0.4) is 0 Å². The maximum absolute atomic E-state index is 5.04. The highest BCUT2D eigenvalue weighted by Gasteiger charge is 2.21. The van der Waals surface area contributed by atoms with Gasteiger partial charge < -0.3 is 0 Å². The van der Waals surface area contributed by atoms with Gasteiger partial charge in [-0.1, -0.05) is 152 Å². The van der Waals surface area contributed by atoms with Crippen LogP contribution in [0.25, 0.3) is 82.1 Å². The number of nitrogens with zero attached hydrogens (tertiary/aromatic N) is 4. The van der Waals surface area contributed by atoms with Crippen molar-refractivity contribution in [3.63, 3.8) is 0 Å². The fourth-order valence-electron chi connectivity index (χ4n) is 7.34. The summed E-state index contributed by atoms with van der Waals surface area (Å²) >= 11 is 1.85. The number of para-hydroxylation sites is 1. The van der Waals surface area contributed by atoms with Crippen LogP contribution in [0.2, 0.25) is 0 Å². The number of fused-ring (bicyclic) bond motifs is 5. The number of thiazole rings is 1. The van der Waals surface area contributed by atoms with Gasteiger partial charge in [0.15, 0.2) is 11.6 Å². The Bertz CT molecular complexity index is 2790. The summed E-state index contributed by atoms with van der Waals surface area (Å²) < 4.78 is 3.70. The first-order valence-electron chi connectivity index (χ1n) is 17.6. The molecule has 0 spiro atoms. The van der Waals surface area contributed by atoms with E-state index in [1.54, 1.807) is 0 Å². The van der Waals surface area contributed by atoms with Gasteiger partial charge in [-0.2, -0.15) is 0 Å². The maximum atomic E-state index is 5.04. The van der Waals surface area contributed by atoms with Crippen molar-refractivity contribution in [2.24, 2.45) is 0 Å². The van der Waals surface area contributed by atoms with Gasteiger partial charge in [-0.25, -0.2) is 15.0 Å². The molecule has 0 N–H and O–H groups in total. The molecule has 4 nitrogen and oxygen atoms in total. The largest absolute Gasteiger partial charge is 0.299 e. The van der Waals surface area contributed by atoms with Crippen LogP contribution >= 0.6 is 11.3 Å². The lowest BCUT2D eigenvalue weighted by molar-refractivity contribution is 0.764. The third-order valence-electron chi connectivity index (χ3n) is 9.99. The zero-order valence-corrected chi connectivity index (χ0v) is 29.0. The zero-order valence-electron chi connectivity index (χ0n) is 28.2. The topological polar surface area (TPSA) is 43.1 Å². The third-order valence-corrected chi connectivity index (χ3v) is 11.1. The SMILES string of the molecule is C1=CCC(c2nc(-c3ccccc3)nc(-c3ccc(-c4c5cc(-c6ccc(-c7ccccc7)cc6)ccc5n5c4sc4ccccc45)cc3)n2)C=C1. The van der Waals surface area contributed by atoms with Crippen molar-refractivity contribution < 1.29 is 0 Å². The quantitative estimate of drug-likeness (QED) is 0.175. The van der Waals surface area contributed by atoms with Gasteiger partial charge in [0, 0.05) is 28.0 Å². The predicted octanol–water partition coefficient (Wildman–Crippen LogP) is 12.4. The molecule has 0 aliphatic heterocycles. The second kappa shape index (κ2) is 12.7. The Morgan fingerprint density at radius 3 is 1.79 bits per heavy atom. The second-order valence-corrected chi connectivity index (χ2v) is 14.2. The minimum Gasteiger partial charge on any atom is -0.299 e. The van der Waals surface area contributed by atoms with Crippen LogP contribution in [-0.4, -0.2) is 19.4 Å². The molecule has 9 aromatic rings. The van der Waals surface area contributed by atoms with Crippen molar-refractivity contribution >= 4 is 37.3 Å². The maximum Gasteiger partial charge on any atom is 0.163 e. The molecule has 0 fully saturated rings. The van der Waals surface area contributed by atoms with Crippen molar-refractivity contribution in [2.45, 2.75) is 12.3 Å². The number of benzene rings is 6. The number of aromatic nitrogens is 4. The first-order valence-corrected chi connectivity index (χ1v) is 18.5. The summed E-state index contributed by atoms with van der Waals surface area (Å²) in [5, 5.41) is 1.24. The molecule has 0 saturated heterocycles. The van der Waals surface area contributed by atoms with Gasteiger partial charge in [0.25, 0.3) is 0 Å². The Kier molecular flexibility index (Phi) is 7.43. The summed E-state index contributed by atoms with van der Waals surface area (Å²) in [6.45, 7) is 0. The Labute approximate surface area is 305 Å². The Morgan fingerprint density at radius 2 is 1.08 bits per heavy atom. The Morgan fingerprint density at radius 1 is 0.500 bits per heavy atom. The van der Waals surface area contributed by atoms with Crippen LogP contribution in [0.15, 0.2) is 176 Å². The average molecular weight is 685 g/mol. The molecule has 3 aromatic heterocycles. The number of rotatable bonds is 6. The van der Waals surface area contributed by atoms with Gasteiger partial charge in [0.05, 0.1) is 15.7 Å². The molecule has 246 valence electrons. The van der Waals surface area contributed by atoms with E-state index in [9.17, 15) is 0 Å². The van der Waals surface area contributed by atoms with E-state index in [0.29, 0.717) is 11.6 Å². The summed E-state index contributed by atoms with van der Waals surface area (Å²) in [7, 11) is 0. The van der Waals surface area contributed by atoms with E-state index in [0.717, 1.165) is 28.9 Å². The molecule has 1 unspecified atom stereocenters. The van der Waals surface area contributed by atoms with E-state index in [-0.39, 0.29) is 5.92 Å². The smallest absolute Gasteiger partial charge is 0.163 e. The van der Waals surface area contributed by atoms with E-state index in [4.69, 9.17) is 15.0 Å². The molecule has 1 aliphatic rings. The minimum absolute atomic E-state index is 0.117. The van der Waals surface area contributed by atoms with E-state index in [1.807, 2.05) is 29.5 Å². The van der Waals surface area contributed by atoms with Crippen LogP contribution in [0.5, 0.6) is 0 Å². The normalized spacial score (nSPS) is 14.1. The van der Waals surface area contributed by atoms with Crippen molar-refractivity contribution in [3.05, 3.63) is 182 Å². The van der Waals surface area contributed by atoms with E-state index in [1.165, 1.54) is 53.8 Å². The molecule has 3 heterocycles. The van der Waals surface area contributed by atoms with Crippen LogP contribution in [0, 0.1) is 0 Å². The summed E-state index contributed by atoms with van der Waals surface area (Å²) in [5.41, 5.74) is 11.6. The molecule has 0 radical (unpaired) electrons. The summed E-state index contributed by atoms with van der Waals surface area (Å²) in [6, 6.07) is 54.0. The number of hydrogen-bond acceptors (Lipinski definition) is 4. The lowest BCUT2D eigenvalue weighted by Gasteiger charge is -2.14. The lowest BCUT2D eigenvalue weighted by atomic mass is 9.97. The molecule has 10 rings (SSSR count). The Hall–Kier alpha value is -6.43. The van der Waals surface area contributed by atoms with Crippen LogP contribution in [0.4, 0.5) is 0 Å². The van der Waals surface area contributed by atoms with E-state index in [2.05, 4.69) is 162 Å². The number of allylic oxidation sites excluding steroid dienone is 4. The average Bonchev–Trinajstić information content (AvgIpc) is 3.76. The van der Waals surface area contributed by atoms with E-state index >= 15 is 0 Å². The monoisotopic (exact) mass is 684 g/mol. The standard InChI is InChI=1S/C47H32N4S/c1-4-12-31(13-5-1)32-20-22-33(23-21-32)38-28-29-40-39(30-38)43(47-51(40)41-18-10-11-19-42(41)52-47)34-24-26-37(27-25-34)46-49-44(35-14-6-2-7-15-35)48-45(50-46)36-16-8-3-9-17-36/h1-16,18-30,36H,17H2. The fraction of sp³-hybridized carbons (Fsp3) is 0.0426. The van der Waals surface area contributed by atoms with Gasteiger partial charge in [0.2, 0.25) is 0 Å². The molecule has 6 aromatic carbocycles. The molecule has 52 heavy (non-hydrogen) atoms. The highest BCUT2D eigenvalue weighted by atomic mass is 32.1. The first-order chi connectivity index (χ1) is 25.8. The van der Waals surface area contributed by atoms with Crippen molar-refractivity contribution in [1.82, 2.24) is 19.4 Å². The minimum atomic E-state index is 0.117. The highest BCUT2D eigenvalue weighted by molar-refractivity contribution is 7.24. The van der Waals surface area contributed by atoms with Crippen molar-refractivity contribution in [3.8, 4) is 56.2 Å². The van der Waals surface area contributed by atoms with Gasteiger partial charge in [-0.3, -0.25) is 4.40 Å². The molecule has 0 amide bonds. The lowest BCUT2D eigenvalue weighted by Crippen LogP contribution is -2.07. The number of hydrogen-bond donors (Lipinski definition) is 0. The predicted molar refractivity (Wildman–Crippen MR) is 216 cm³/mol. The molecular weight excluding hydrogens is 653 g/mol.